The standard InChI is InChI=1S/C15H18N2O/c1-17-10-14(9-16-17)18-11-13-7-4-6-12-5-2-3-8-15(12)13/h2-3,5,8-10,13H,4,6-7,11H2,1H3. The van der Waals surface area contributed by atoms with Crippen LogP contribution in [0.1, 0.15) is 29.9 Å². The van der Waals surface area contributed by atoms with Crippen molar-refractivity contribution in [2.75, 3.05) is 6.61 Å². The van der Waals surface area contributed by atoms with Gasteiger partial charge in [-0.15, -0.1) is 0 Å². The largest absolute Gasteiger partial charge is 0.490 e. The quantitative estimate of drug-likeness (QED) is 0.827. The van der Waals surface area contributed by atoms with Crippen LogP contribution in [0.3, 0.4) is 0 Å². The molecule has 1 unspecified atom stereocenters. The summed E-state index contributed by atoms with van der Waals surface area (Å²) < 4.78 is 7.61. The number of ether oxygens (including phenoxy) is 1. The van der Waals surface area contributed by atoms with Crippen molar-refractivity contribution in [3.8, 4) is 5.75 Å². The molecule has 1 aliphatic rings. The Bertz CT molecular complexity index is 533. The van der Waals surface area contributed by atoms with Crippen LogP contribution in [0.25, 0.3) is 0 Å². The van der Waals surface area contributed by atoms with E-state index in [4.69, 9.17) is 4.74 Å². The first kappa shape index (κ1) is 11.3. The van der Waals surface area contributed by atoms with Crippen molar-refractivity contribution in [2.24, 2.45) is 7.05 Å². The molecule has 0 radical (unpaired) electrons. The van der Waals surface area contributed by atoms with Crippen LogP contribution in [0, 0.1) is 0 Å². The maximum atomic E-state index is 5.84. The summed E-state index contributed by atoms with van der Waals surface area (Å²) in [5.74, 6) is 1.38. The van der Waals surface area contributed by atoms with E-state index in [0.29, 0.717) is 5.92 Å². The summed E-state index contributed by atoms with van der Waals surface area (Å²) in [5, 5.41) is 4.12. The van der Waals surface area contributed by atoms with Gasteiger partial charge >= 0.3 is 0 Å². The molecule has 3 nitrogen and oxygen atoms in total. The maximum Gasteiger partial charge on any atom is 0.157 e. The van der Waals surface area contributed by atoms with E-state index in [1.165, 1.54) is 30.4 Å². The molecule has 1 aromatic heterocycles. The Hall–Kier alpha value is -1.77. The van der Waals surface area contributed by atoms with Crippen LogP contribution in [-0.2, 0) is 13.5 Å². The molecule has 0 bridgehead atoms. The second-order valence-corrected chi connectivity index (χ2v) is 4.95. The van der Waals surface area contributed by atoms with Gasteiger partial charge in [-0.2, -0.15) is 5.10 Å². The zero-order valence-corrected chi connectivity index (χ0v) is 10.7. The average Bonchev–Trinajstić information content (AvgIpc) is 2.82. The van der Waals surface area contributed by atoms with Crippen LogP contribution in [0.4, 0.5) is 0 Å². The molecule has 2 aromatic rings. The third-order valence-corrected chi connectivity index (χ3v) is 3.63. The van der Waals surface area contributed by atoms with Gasteiger partial charge in [0.1, 0.15) is 0 Å². The number of rotatable bonds is 3. The van der Waals surface area contributed by atoms with Crippen molar-refractivity contribution in [2.45, 2.75) is 25.2 Å². The van der Waals surface area contributed by atoms with Crippen molar-refractivity contribution in [1.29, 1.82) is 0 Å². The minimum atomic E-state index is 0.523. The third-order valence-electron chi connectivity index (χ3n) is 3.63. The Morgan fingerprint density at radius 3 is 3.11 bits per heavy atom. The van der Waals surface area contributed by atoms with Crippen LogP contribution >= 0.6 is 0 Å². The fourth-order valence-corrected chi connectivity index (χ4v) is 2.70. The summed E-state index contributed by atoms with van der Waals surface area (Å²) in [6.45, 7) is 0.753. The smallest absolute Gasteiger partial charge is 0.157 e. The molecule has 1 atom stereocenters. The molecule has 1 heterocycles. The molecule has 0 spiro atoms. The first-order chi connectivity index (χ1) is 8.83. The first-order valence-corrected chi connectivity index (χ1v) is 6.52. The predicted molar refractivity (Wildman–Crippen MR) is 70.8 cm³/mol. The number of aromatic nitrogens is 2. The van der Waals surface area contributed by atoms with Gasteiger partial charge in [0.2, 0.25) is 0 Å². The van der Waals surface area contributed by atoms with Crippen molar-refractivity contribution < 1.29 is 4.74 Å². The molecule has 0 fully saturated rings. The monoisotopic (exact) mass is 242 g/mol. The molecule has 0 aliphatic heterocycles. The molecule has 3 rings (SSSR count). The number of aryl methyl sites for hydroxylation is 2. The summed E-state index contributed by atoms with van der Waals surface area (Å²) >= 11 is 0. The van der Waals surface area contributed by atoms with Crippen LogP contribution < -0.4 is 4.74 Å². The van der Waals surface area contributed by atoms with Gasteiger partial charge in [-0.3, -0.25) is 4.68 Å². The van der Waals surface area contributed by atoms with E-state index in [-0.39, 0.29) is 0 Å². The molecule has 0 saturated carbocycles. The van der Waals surface area contributed by atoms with Gasteiger partial charge in [-0.05, 0) is 30.4 Å². The highest BCUT2D eigenvalue weighted by atomic mass is 16.5. The van der Waals surface area contributed by atoms with Crippen molar-refractivity contribution >= 4 is 0 Å². The topological polar surface area (TPSA) is 27.1 Å². The van der Waals surface area contributed by atoms with Gasteiger partial charge in [-0.1, -0.05) is 24.3 Å². The number of hydrogen-bond donors (Lipinski definition) is 0. The zero-order chi connectivity index (χ0) is 12.4. The Morgan fingerprint density at radius 1 is 1.39 bits per heavy atom. The Labute approximate surface area is 107 Å². The summed E-state index contributed by atoms with van der Waals surface area (Å²) in [6, 6.07) is 8.74. The second kappa shape index (κ2) is 4.84. The summed E-state index contributed by atoms with van der Waals surface area (Å²) in [4.78, 5) is 0. The van der Waals surface area contributed by atoms with Gasteiger partial charge in [-0.25, -0.2) is 0 Å². The predicted octanol–water partition coefficient (Wildman–Crippen LogP) is 2.92. The lowest BCUT2D eigenvalue weighted by molar-refractivity contribution is 0.274. The van der Waals surface area contributed by atoms with Crippen LogP contribution in [-0.4, -0.2) is 16.4 Å². The highest BCUT2D eigenvalue weighted by molar-refractivity contribution is 5.32. The Balaban J connectivity index is 1.71. The van der Waals surface area contributed by atoms with Gasteiger partial charge in [0.25, 0.3) is 0 Å². The zero-order valence-electron chi connectivity index (χ0n) is 10.7. The lowest BCUT2D eigenvalue weighted by Crippen LogP contribution is -2.16. The number of nitrogens with zero attached hydrogens (tertiary/aromatic N) is 2. The maximum absolute atomic E-state index is 5.84. The summed E-state index contributed by atoms with van der Waals surface area (Å²) in [7, 11) is 1.91. The van der Waals surface area contributed by atoms with Gasteiger partial charge in [0.15, 0.2) is 5.75 Å². The van der Waals surface area contributed by atoms with Gasteiger partial charge < -0.3 is 4.74 Å². The lowest BCUT2D eigenvalue weighted by atomic mass is 9.83. The van der Waals surface area contributed by atoms with E-state index in [2.05, 4.69) is 29.4 Å². The van der Waals surface area contributed by atoms with Crippen molar-refractivity contribution in [3.05, 3.63) is 47.8 Å². The molecular weight excluding hydrogens is 224 g/mol. The van der Waals surface area contributed by atoms with Crippen molar-refractivity contribution in [3.63, 3.8) is 0 Å². The van der Waals surface area contributed by atoms with E-state index >= 15 is 0 Å². The number of fused-ring (bicyclic) bond motifs is 1. The molecule has 18 heavy (non-hydrogen) atoms. The van der Waals surface area contributed by atoms with Gasteiger partial charge in [0.05, 0.1) is 19.0 Å². The second-order valence-electron chi connectivity index (χ2n) is 4.95. The highest BCUT2D eigenvalue weighted by Crippen LogP contribution is 2.31. The number of hydrogen-bond acceptors (Lipinski definition) is 2. The Morgan fingerprint density at radius 2 is 2.28 bits per heavy atom. The molecule has 0 amide bonds. The third kappa shape index (κ3) is 2.26. The van der Waals surface area contributed by atoms with Crippen LogP contribution in [0.5, 0.6) is 5.75 Å². The fourth-order valence-electron chi connectivity index (χ4n) is 2.70. The molecule has 0 saturated heterocycles. The molecule has 1 aliphatic carbocycles. The van der Waals surface area contributed by atoms with Gasteiger partial charge in [0, 0.05) is 13.0 Å². The Kier molecular flexibility index (Phi) is 3.05. The highest BCUT2D eigenvalue weighted by Gasteiger charge is 2.20. The minimum Gasteiger partial charge on any atom is -0.490 e. The molecule has 94 valence electrons. The SMILES string of the molecule is Cn1cc(OCC2CCCc3ccccc32)cn1. The lowest BCUT2D eigenvalue weighted by Gasteiger charge is -2.25. The summed E-state index contributed by atoms with van der Waals surface area (Å²) in [5.41, 5.74) is 2.95. The van der Waals surface area contributed by atoms with E-state index in [1.54, 1.807) is 10.9 Å². The number of benzene rings is 1. The van der Waals surface area contributed by atoms with Crippen LogP contribution in [0.2, 0.25) is 0 Å². The molecule has 1 aromatic carbocycles. The van der Waals surface area contributed by atoms with E-state index in [9.17, 15) is 0 Å². The van der Waals surface area contributed by atoms with E-state index < -0.39 is 0 Å². The molecule has 0 N–H and O–H groups in total. The van der Waals surface area contributed by atoms with Crippen molar-refractivity contribution in [1.82, 2.24) is 9.78 Å². The minimum absolute atomic E-state index is 0.523. The van der Waals surface area contributed by atoms with E-state index in [0.717, 1.165) is 12.4 Å². The normalized spacial score (nSPS) is 18.4. The van der Waals surface area contributed by atoms with E-state index in [1.807, 2.05) is 13.2 Å². The van der Waals surface area contributed by atoms with Crippen LogP contribution in [0.15, 0.2) is 36.7 Å². The molecular formula is C15H18N2O. The summed E-state index contributed by atoms with van der Waals surface area (Å²) in [6.07, 6.45) is 7.37. The molecule has 3 heteroatoms. The fraction of sp³-hybridized carbons (Fsp3) is 0.400. The average molecular weight is 242 g/mol. The first-order valence-electron chi connectivity index (χ1n) is 6.52.